The van der Waals surface area contributed by atoms with Gasteiger partial charge in [0, 0.05) is 17.5 Å². The molecule has 0 spiro atoms. The van der Waals surface area contributed by atoms with Crippen molar-refractivity contribution in [3.63, 3.8) is 0 Å². The molecule has 3 unspecified atom stereocenters. The lowest BCUT2D eigenvalue weighted by Crippen LogP contribution is -2.46. The average molecular weight is 246 g/mol. The molecular weight excluding hydrogens is 224 g/mol. The van der Waals surface area contributed by atoms with Crippen LogP contribution in [-0.4, -0.2) is 26.3 Å². The van der Waals surface area contributed by atoms with Gasteiger partial charge in [0.25, 0.3) is 0 Å². The van der Waals surface area contributed by atoms with Crippen molar-refractivity contribution in [2.45, 2.75) is 51.6 Å². The van der Waals surface area contributed by atoms with E-state index >= 15 is 0 Å². The van der Waals surface area contributed by atoms with Crippen LogP contribution in [0.5, 0.6) is 0 Å². The molecule has 0 amide bonds. The molecule has 0 aromatic heterocycles. The first kappa shape index (κ1) is 12.3. The van der Waals surface area contributed by atoms with Crippen molar-refractivity contribution in [2.24, 2.45) is 17.1 Å². The minimum atomic E-state index is -3.17. The molecule has 3 N–H and O–H groups in total. The number of sulfonamides is 1. The van der Waals surface area contributed by atoms with Crippen molar-refractivity contribution in [1.29, 1.82) is 0 Å². The standard InChI is InChI=1S/C11H22N2O2S/c1-8(2)13-16(14,15)7-11-4-3-9(6-11)5-10(11)12/h8-10,13H,3-7,12H2,1-2H3. The second kappa shape index (κ2) is 3.96. The summed E-state index contributed by atoms with van der Waals surface area (Å²) in [5.74, 6) is 0.889. The number of nitrogens with two attached hydrogens (primary N) is 1. The molecule has 3 atom stereocenters. The third-order valence-electron chi connectivity index (χ3n) is 4.01. The fraction of sp³-hybridized carbons (Fsp3) is 1.00. The molecule has 94 valence electrons. The summed E-state index contributed by atoms with van der Waals surface area (Å²) in [6, 6.07) is 0.0474. The molecule has 0 aromatic rings. The van der Waals surface area contributed by atoms with Crippen LogP contribution in [0.25, 0.3) is 0 Å². The molecular formula is C11H22N2O2S. The molecule has 0 heterocycles. The monoisotopic (exact) mass is 246 g/mol. The van der Waals surface area contributed by atoms with Gasteiger partial charge in [0.2, 0.25) is 10.0 Å². The summed E-state index contributed by atoms with van der Waals surface area (Å²) in [6.07, 6.45) is 4.16. The van der Waals surface area contributed by atoms with Gasteiger partial charge in [-0.3, -0.25) is 0 Å². The van der Waals surface area contributed by atoms with Crippen molar-refractivity contribution in [3.05, 3.63) is 0 Å². The van der Waals surface area contributed by atoms with Crippen LogP contribution in [-0.2, 0) is 10.0 Å². The highest BCUT2D eigenvalue weighted by atomic mass is 32.2. The molecule has 2 bridgehead atoms. The maximum Gasteiger partial charge on any atom is 0.212 e. The van der Waals surface area contributed by atoms with Gasteiger partial charge in [-0.05, 0) is 45.4 Å². The summed E-state index contributed by atoms with van der Waals surface area (Å²) < 4.78 is 26.6. The van der Waals surface area contributed by atoms with Crippen LogP contribution in [0, 0.1) is 11.3 Å². The minimum Gasteiger partial charge on any atom is -0.327 e. The van der Waals surface area contributed by atoms with Gasteiger partial charge in [0.05, 0.1) is 5.75 Å². The van der Waals surface area contributed by atoms with E-state index in [-0.39, 0.29) is 23.3 Å². The van der Waals surface area contributed by atoms with Crippen molar-refractivity contribution < 1.29 is 8.42 Å². The predicted octanol–water partition coefficient (Wildman–Crippen LogP) is 0.832. The first-order valence-electron chi connectivity index (χ1n) is 6.09. The Kier molecular flexibility index (Phi) is 3.05. The topological polar surface area (TPSA) is 72.2 Å². The van der Waals surface area contributed by atoms with Gasteiger partial charge < -0.3 is 5.73 Å². The maximum atomic E-state index is 12.0. The lowest BCUT2D eigenvalue weighted by molar-refractivity contribution is 0.283. The van der Waals surface area contributed by atoms with Crippen LogP contribution < -0.4 is 10.5 Å². The Bertz CT molecular complexity index is 366. The van der Waals surface area contributed by atoms with Crippen LogP contribution >= 0.6 is 0 Å². The van der Waals surface area contributed by atoms with Gasteiger partial charge in [-0.2, -0.15) is 0 Å². The first-order chi connectivity index (χ1) is 7.33. The summed E-state index contributed by atoms with van der Waals surface area (Å²) >= 11 is 0. The van der Waals surface area contributed by atoms with Crippen LogP contribution in [0.3, 0.4) is 0 Å². The van der Waals surface area contributed by atoms with Gasteiger partial charge in [-0.25, -0.2) is 13.1 Å². The van der Waals surface area contributed by atoms with Gasteiger partial charge >= 0.3 is 0 Å². The first-order valence-corrected chi connectivity index (χ1v) is 7.74. The molecule has 2 saturated carbocycles. The fourth-order valence-electron chi connectivity index (χ4n) is 3.44. The summed E-state index contributed by atoms with van der Waals surface area (Å²) in [7, 11) is -3.17. The highest BCUT2D eigenvalue weighted by molar-refractivity contribution is 7.89. The molecule has 16 heavy (non-hydrogen) atoms. The Morgan fingerprint density at radius 1 is 1.50 bits per heavy atom. The molecule has 0 aliphatic heterocycles. The summed E-state index contributed by atoms with van der Waals surface area (Å²) in [5.41, 5.74) is 5.97. The molecule has 0 aromatic carbocycles. The van der Waals surface area contributed by atoms with Crippen LogP contribution in [0.15, 0.2) is 0 Å². The zero-order chi connectivity index (χ0) is 12.0. The summed E-state index contributed by atoms with van der Waals surface area (Å²) in [5, 5.41) is 0. The van der Waals surface area contributed by atoms with E-state index in [9.17, 15) is 8.42 Å². The number of rotatable bonds is 4. The maximum absolute atomic E-state index is 12.0. The van der Waals surface area contributed by atoms with E-state index in [2.05, 4.69) is 4.72 Å². The summed E-state index contributed by atoms with van der Waals surface area (Å²) in [6.45, 7) is 3.70. The highest BCUT2D eigenvalue weighted by Crippen LogP contribution is 2.53. The van der Waals surface area contributed by atoms with E-state index in [4.69, 9.17) is 5.73 Å². The zero-order valence-corrected chi connectivity index (χ0v) is 10.9. The van der Waals surface area contributed by atoms with Gasteiger partial charge in [-0.1, -0.05) is 0 Å². The van der Waals surface area contributed by atoms with E-state index in [1.165, 1.54) is 0 Å². The van der Waals surface area contributed by atoms with Crippen molar-refractivity contribution in [2.75, 3.05) is 5.75 Å². The molecule has 5 heteroatoms. The zero-order valence-electron chi connectivity index (χ0n) is 10.1. The minimum absolute atomic E-state index is 0.0313. The average Bonchev–Trinajstić information content (AvgIpc) is 2.56. The Labute approximate surface area is 98.0 Å². The molecule has 2 aliphatic carbocycles. The Morgan fingerprint density at radius 3 is 2.62 bits per heavy atom. The third-order valence-corrected chi connectivity index (χ3v) is 5.80. The Hall–Kier alpha value is -0.130. The smallest absolute Gasteiger partial charge is 0.212 e. The second-order valence-corrected chi connectivity index (χ2v) is 7.60. The lowest BCUT2D eigenvalue weighted by atomic mass is 9.82. The van der Waals surface area contributed by atoms with Crippen LogP contribution in [0.2, 0.25) is 0 Å². The molecule has 0 saturated heterocycles. The van der Waals surface area contributed by atoms with E-state index in [1.54, 1.807) is 0 Å². The fourth-order valence-corrected chi connectivity index (χ4v) is 5.47. The predicted molar refractivity (Wildman–Crippen MR) is 64.4 cm³/mol. The summed E-state index contributed by atoms with van der Waals surface area (Å²) in [4.78, 5) is 0. The van der Waals surface area contributed by atoms with E-state index in [0.717, 1.165) is 25.7 Å². The largest absolute Gasteiger partial charge is 0.327 e. The Balaban J connectivity index is 2.09. The van der Waals surface area contributed by atoms with Crippen molar-refractivity contribution in [3.8, 4) is 0 Å². The van der Waals surface area contributed by atoms with E-state index in [0.29, 0.717) is 5.92 Å². The number of hydrogen-bond acceptors (Lipinski definition) is 3. The third kappa shape index (κ3) is 2.26. The van der Waals surface area contributed by atoms with Gasteiger partial charge in [0.1, 0.15) is 0 Å². The molecule has 0 radical (unpaired) electrons. The number of hydrogen-bond donors (Lipinski definition) is 2. The Morgan fingerprint density at radius 2 is 2.19 bits per heavy atom. The quantitative estimate of drug-likeness (QED) is 0.772. The van der Waals surface area contributed by atoms with E-state index < -0.39 is 10.0 Å². The molecule has 2 aliphatic rings. The molecule has 2 rings (SSSR count). The van der Waals surface area contributed by atoms with Crippen LogP contribution in [0.1, 0.15) is 39.5 Å². The number of nitrogens with one attached hydrogen (secondary N) is 1. The SMILES string of the molecule is CC(C)NS(=O)(=O)CC12CCC(CC1N)C2. The number of fused-ring (bicyclic) bond motifs is 2. The van der Waals surface area contributed by atoms with Crippen molar-refractivity contribution >= 4 is 10.0 Å². The van der Waals surface area contributed by atoms with Crippen molar-refractivity contribution in [1.82, 2.24) is 4.72 Å². The highest BCUT2D eigenvalue weighted by Gasteiger charge is 2.52. The van der Waals surface area contributed by atoms with Gasteiger partial charge in [0.15, 0.2) is 0 Å². The van der Waals surface area contributed by atoms with E-state index in [1.807, 2.05) is 13.8 Å². The molecule has 4 nitrogen and oxygen atoms in total. The van der Waals surface area contributed by atoms with Gasteiger partial charge in [-0.15, -0.1) is 0 Å². The molecule has 2 fully saturated rings. The van der Waals surface area contributed by atoms with Crippen LogP contribution in [0.4, 0.5) is 0 Å². The normalized spacial score (nSPS) is 38.5. The lowest BCUT2D eigenvalue weighted by Gasteiger charge is -2.32. The second-order valence-electron chi connectivity index (χ2n) is 5.85.